The zero-order valence-corrected chi connectivity index (χ0v) is 10.6. The third kappa shape index (κ3) is 2.36. The second kappa shape index (κ2) is 4.67. The lowest BCUT2D eigenvalue weighted by Crippen LogP contribution is -2.21. The molecule has 0 radical (unpaired) electrons. The Balaban J connectivity index is 2.03. The molecule has 2 heterocycles. The molecule has 2 aromatic rings. The van der Waals surface area contributed by atoms with Crippen molar-refractivity contribution in [3.8, 4) is 0 Å². The average Bonchev–Trinajstić information content (AvgIpc) is 2.83. The first-order chi connectivity index (χ1) is 8.09. The van der Waals surface area contributed by atoms with Gasteiger partial charge in [0.05, 0.1) is 12.2 Å². The van der Waals surface area contributed by atoms with Crippen molar-refractivity contribution in [2.75, 3.05) is 0 Å². The van der Waals surface area contributed by atoms with Gasteiger partial charge in [0.2, 0.25) is 0 Å². The summed E-state index contributed by atoms with van der Waals surface area (Å²) in [6.45, 7) is 6.63. The lowest BCUT2D eigenvalue weighted by molar-refractivity contribution is 0.390. The van der Waals surface area contributed by atoms with Crippen LogP contribution in [0.5, 0.6) is 0 Å². The fraction of sp³-hybridized carbons (Fsp3) is 0.545. The monoisotopic (exact) mass is 235 g/mol. The highest BCUT2D eigenvalue weighted by molar-refractivity contribution is 5.24. The van der Waals surface area contributed by atoms with Gasteiger partial charge in [-0.2, -0.15) is 0 Å². The molecule has 0 amide bonds. The first kappa shape index (κ1) is 11.8. The zero-order valence-electron chi connectivity index (χ0n) is 10.6. The molecule has 0 spiro atoms. The van der Waals surface area contributed by atoms with E-state index in [1.165, 1.54) is 0 Å². The van der Waals surface area contributed by atoms with E-state index in [1.54, 1.807) is 6.33 Å². The SMILES string of the molecule is Cc1noc(C)c1C(C)NCc1nncn1C. The molecule has 0 aliphatic heterocycles. The summed E-state index contributed by atoms with van der Waals surface area (Å²) >= 11 is 0. The highest BCUT2D eigenvalue weighted by Gasteiger charge is 2.16. The van der Waals surface area contributed by atoms with Gasteiger partial charge in [0, 0.05) is 18.7 Å². The van der Waals surface area contributed by atoms with E-state index in [1.807, 2.05) is 25.5 Å². The molecule has 6 nitrogen and oxygen atoms in total. The van der Waals surface area contributed by atoms with Gasteiger partial charge in [-0.3, -0.25) is 0 Å². The summed E-state index contributed by atoms with van der Waals surface area (Å²) in [5.74, 6) is 1.77. The lowest BCUT2D eigenvalue weighted by atomic mass is 10.1. The Kier molecular flexibility index (Phi) is 3.23. The molecule has 92 valence electrons. The molecule has 0 saturated carbocycles. The Labute approximate surface area is 100 Å². The number of aromatic nitrogens is 4. The van der Waals surface area contributed by atoms with Gasteiger partial charge in [0.1, 0.15) is 17.9 Å². The molecule has 0 aliphatic rings. The Morgan fingerprint density at radius 3 is 2.76 bits per heavy atom. The summed E-state index contributed by atoms with van der Waals surface area (Å²) in [7, 11) is 1.93. The van der Waals surface area contributed by atoms with Gasteiger partial charge in [0.15, 0.2) is 0 Å². The van der Waals surface area contributed by atoms with E-state index in [-0.39, 0.29) is 6.04 Å². The third-order valence-electron chi connectivity index (χ3n) is 2.89. The van der Waals surface area contributed by atoms with E-state index in [2.05, 4.69) is 27.6 Å². The smallest absolute Gasteiger partial charge is 0.146 e. The number of hydrogen-bond donors (Lipinski definition) is 1. The van der Waals surface area contributed by atoms with Crippen molar-refractivity contribution in [3.05, 3.63) is 29.2 Å². The van der Waals surface area contributed by atoms with Crippen molar-refractivity contribution in [2.24, 2.45) is 7.05 Å². The second-order valence-corrected chi connectivity index (χ2v) is 4.20. The van der Waals surface area contributed by atoms with Crippen LogP contribution >= 0.6 is 0 Å². The maximum Gasteiger partial charge on any atom is 0.146 e. The molecule has 0 saturated heterocycles. The minimum absolute atomic E-state index is 0.179. The maximum absolute atomic E-state index is 5.15. The summed E-state index contributed by atoms with van der Waals surface area (Å²) in [4.78, 5) is 0. The normalized spacial score (nSPS) is 12.9. The number of hydrogen-bond acceptors (Lipinski definition) is 5. The van der Waals surface area contributed by atoms with Crippen LogP contribution < -0.4 is 5.32 Å². The Morgan fingerprint density at radius 2 is 2.24 bits per heavy atom. The van der Waals surface area contributed by atoms with E-state index in [0.29, 0.717) is 6.54 Å². The van der Waals surface area contributed by atoms with Gasteiger partial charge in [-0.15, -0.1) is 10.2 Å². The first-order valence-corrected chi connectivity index (χ1v) is 5.58. The molecule has 0 bridgehead atoms. The Bertz CT molecular complexity index is 482. The third-order valence-corrected chi connectivity index (χ3v) is 2.89. The van der Waals surface area contributed by atoms with Crippen molar-refractivity contribution in [1.29, 1.82) is 0 Å². The topological polar surface area (TPSA) is 68.8 Å². The molecule has 0 fully saturated rings. The molecule has 1 N–H and O–H groups in total. The van der Waals surface area contributed by atoms with E-state index in [0.717, 1.165) is 22.8 Å². The standard InChI is InChI=1S/C11H17N5O/c1-7(11-8(2)15-17-9(11)3)12-5-10-14-13-6-16(10)4/h6-7,12H,5H2,1-4H3. The van der Waals surface area contributed by atoms with E-state index >= 15 is 0 Å². The highest BCUT2D eigenvalue weighted by Crippen LogP contribution is 2.20. The molecule has 2 rings (SSSR count). The van der Waals surface area contributed by atoms with Gasteiger partial charge in [0.25, 0.3) is 0 Å². The lowest BCUT2D eigenvalue weighted by Gasteiger charge is -2.12. The molecule has 0 aliphatic carbocycles. The molecule has 0 aromatic carbocycles. The Morgan fingerprint density at radius 1 is 1.47 bits per heavy atom. The summed E-state index contributed by atoms with van der Waals surface area (Å²) in [5.41, 5.74) is 2.05. The van der Waals surface area contributed by atoms with Gasteiger partial charge < -0.3 is 14.4 Å². The number of aryl methyl sites for hydroxylation is 3. The minimum Gasteiger partial charge on any atom is -0.361 e. The molecule has 1 unspecified atom stereocenters. The summed E-state index contributed by atoms with van der Waals surface area (Å²) in [5, 5.41) is 15.2. The van der Waals surface area contributed by atoms with Crippen LogP contribution in [0.3, 0.4) is 0 Å². The van der Waals surface area contributed by atoms with Crippen molar-refractivity contribution in [1.82, 2.24) is 25.2 Å². The summed E-state index contributed by atoms with van der Waals surface area (Å²) < 4.78 is 7.05. The van der Waals surface area contributed by atoms with Crippen LogP contribution in [0.25, 0.3) is 0 Å². The maximum atomic E-state index is 5.15. The predicted octanol–water partition coefficient (Wildman–Crippen LogP) is 1.27. The van der Waals surface area contributed by atoms with E-state index < -0.39 is 0 Å². The highest BCUT2D eigenvalue weighted by atomic mass is 16.5. The number of nitrogens with zero attached hydrogens (tertiary/aromatic N) is 4. The van der Waals surface area contributed by atoms with E-state index in [9.17, 15) is 0 Å². The summed E-state index contributed by atoms with van der Waals surface area (Å²) in [6.07, 6.45) is 1.69. The summed E-state index contributed by atoms with van der Waals surface area (Å²) in [6, 6.07) is 0.179. The van der Waals surface area contributed by atoms with Gasteiger partial charge in [-0.05, 0) is 20.8 Å². The van der Waals surface area contributed by atoms with Crippen molar-refractivity contribution in [2.45, 2.75) is 33.4 Å². The van der Waals surface area contributed by atoms with Crippen LogP contribution in [-0.4, -0.2) is 19.9 Å². The number of rotatable bonds is 4. The van der Waals surface area contributed by atoms with Gasteiger partial charge in [-0.25, -0.2) is 0 Å². The fourth-order valence-corrected chi connectivity index (χ4v) is 1.92. The van der Waals surface area contributed by atoms with Gasteiger partial charge in [-0.1, -0.05) is 5.16 Å². The van der Waals surface area contributed by atoms with E-state index in [4.69, 9.17) is 4.52 Å². The average molecular weight is 235 g/mol. The molecular weight excluding hydrogens is 218 g/mol. The molecular formula is C11H17N5O. The minimum atomic E-state index is 0.179. The van der Waals surface area contributed by atoms with Crippen LogP contribution in [0, 0.1) is 13.8 Å². The molecule has 6 heteroatoms. The molecule has 2 aromatic heterocycles. The van der Waals surface area contributed by atoms with Crippen molar-refractivity contribution >= 4 is 0 Å². The van der Waals surface area contributed by atoms with Gasteiger partial charge >= 0.3 is 0 Å². The number of nitrogens with one attached hydrogen (secondary N) is 1. The Hall–Kier alpha value is -1.69. The van der Waals surface area contributed by atoms with Crippen LogP contribution in [0.2, 0.25) is 0 Å². The quantitative estimate of drug-likeness (QED) is 0.864. The van der Waals surface area contributed by atoms with Crippen LogP contribution in [0.15, 0.2) is 10.9 Å². The second-order valence-electron chi connectivity index (χ2n) is 4.20. The molecule has 1 atom stereocenters. The van der Waals surface area contributed by atoms with Crippen molar-refractivity contribution in [3.63, 3.8) is 0 Å². The predicted molar refractivity (Wildman–Crippen MR) is 62.2 cm³/mol. The first-order valence-electron chi connectivity index (χ1n) is 5.58. The van der Waals surface area contributed by atoms with Crippen molar-refractivity contribution < 1.29 is 4.52 Å². The largest absolute Gasteiger partial charge is 0.361 e. The zero-order chi connectivity index (χ0) is 12.4. The van der Waals surface area contributed by atoms with Crippen LogP contribution in [-0.2, 0) is 13.6 Å². The van der Waals surface area contributed by atoms with Crippen LogP contribution in [0.1, 0.15) is 35.8 Å². The van der Waals surface area contributed by atoms with Crippen LogP contribution in [0.4, 0.5) is 0 Å². The fourth-order valence-electron chi connectivity index (χ4n) is 1.92. The molecule has 17 heavy (non-hydrogen) atoms.